The maximum Gasteiger partial charge on any atom is 0.317 e. The van der Waals surface area contributed by atoms with Crippen LogP contribution in [0, 0.1) is 0 Å². The molecule has 0 N–H and O–H groups in total. The molecule has 0 saturated heterocycles. The van der Waals surface area contributed by atoms with E-state index in [0.29, 0.717) is 16.6 Å². The number of hydrogen-bond donors (Lipinski definition) is 0. The molecule has 1 aliphatic carbocycles. The van der Waals surface area contributed by atoms with Crippen LogP contribution < -0.4 is 11.1 Å². The molecule has 0 saturated carbocycles. The largest absolute Gasteiger partial charge is 0.317 e. The van der Waals surface area contributed by atoms with Crippen molar-refractivity contribution in [2.75, 3.05) is 0 Å². The van der Waals surface area contributed by atoms with Crippen LogP contribution in [0.3, 0.4) is 0 Å². The normalized spacial score (nSPS) is 13.2. The minimum absolute atomic E-state index is 0.131. The van der Waals surface area contributed by atoms with Crippen molar-refractivity contribution in [1.29, 1.82) is 0 Å². The highest BCUT2D eigenvalue weighted by Gasteiger charge is 2.17. The Morgan fingerprint density at radius 1 is 0.960 bits per heavy atom. The second-order valence-corrected chi connectivity index (χ2v) is 6.50. The summed E-state index contributed by atoms with van der Waals surface area (Å²) in [6.45, 7) is -0.131. The van der Waals surface area contributed by atoms with Crippen LogP contribution in [0.5, 0.6) is 0 Å². The number of carbonyl (C=O) groups is 1. The lowest BCUT2D eigenvalue weighted by molar-refractivity contribution is 0.0972. The molecule has 126 valence electrons. The van der Waals surface area contributed by atoms with Gasteiger partial charge in [-0.25, -0.2) is 0 Å². The molecule has 0 unspecified atom stereocenters. The topological polar surface area (TPSA) is 61.1 Å². The molecule has 0 spiro atoms. The van der Waals surface area contributed by atoms with Crippen molar-refractivity contribution in [1.82, 2.24) is 9.13 Å². The highest BCUT2D eigenvalue weighted by atomic mass is 16.2. The van der Waals surface area contributed by atoms with Gasteiger partial charge in [-0.05, 0) is 48.6 Å². The lowest BCUT2D eigenvalue weighted by Gasteiger charge is -2.12. The summed E-state index contributed by atoms with van der Waals surface area (Å²) in [7, 11) is 1.57. The fourth-order valence-electron chi connectivity index (χ4n) is 3.59. The van der Waals surface area contributed by atoms with E-state index in [-0.39, 0.29) is 12.3 Å². The molecule has 0 radical (unpaired) electrons. The van der Waals surface area contributed by atoms with Crippen LogP contribution in [0.4, 0.5) is 0 Å². The molecule has 1 aliphatic rings. The molecule has 3 aromatic rings. The third kappa shape index (κ3) is 2.52. The highest BCUT2D eigenvalue weighted by molar-refractivity contribution is 5.96. The van der Waals surface area contributed by atoms with Gasteiger partial charge in [-0.1, -0.05) is 24.3 Å². The van der Waals surface area contributed by atoms with Gasteiger partial charge < -0.3 is 4.57 Å². The third-order valence-electron chi connectivity index (χ3n) is 4.99. The smallest absolute Gasteiger partial charge is 0.305 e. The third-order valence-corrected chi connectivity index (χ3v) is 4.99. The van der Waals surface area contributed by atoms with E-state index in [4.69, 9.17) is 0 Å². The van der Waals surface area contributed by atoms with E-state index < -0.39 is 11.1 Å². The number of nitrogens with zero attached hydrogens (tertiary/aromatic N) is 2. The number of aromatic nitrogens is 2. The molecule has 0 fully saturated rings. The van der Waals surface area contributed by atoms with Crippen molar-refractivity contribution in [3.63, 3.8) is 0 Å². The Labute approximate surface area is 144 Å². The van der Waals surface area contributed by atoms with Gasteiger partial charge >= 0.3 is 11.1 Å². The quantitative estimate of drug-likeness (QED) is 0.544. The van der Waals surface area contributed by atoms with Gasteiger partial charge in [-0.15, -0.1) is 0 Å². The highest BCUT2D eigenvalue weighted by Crippen LogP contribution is 2.23. The SMILES string of the molecule is Cn1c(=O)c(=O)n(CC(=O)c2ccc3c(c2)CCC3)c2ccccc21. The minimum atomic E-state index is -0.671. The maximum absolute atomic E-state index is 12.7. The Balaban J connectivity index is 1.80. The first-order valence-electron chi connectivity index (χ1n) is 8.40. The Bertz CT molecular complexity index is 1120. The molecule has 5 nitrogen and oxygen atoms in total. The average molecular weight is 334 g/mol. The summed E-state index contributed by atoms with van der Waals surface area (Å²) < 4.78 is 2.61. The number of Topliss-reactive ketones (excluding diaryl/α,β-unsaturated/α-hetero) is 1. The van der Waals surface area contributed by atoms with Gasteiger partial charge in [0.25, 0.3) is 0 Å². The van der Waals surface area contributed by atoms with E-state index in [1.165, 1.54) is 20.3 Å². The lowest BCUT2D eigenvalue weighted by Crippen LogP contribution is -2.41. The molecule has 0 atom stereocenters. The summed E-state index contributed by atoms with van der Waals surface area (Å²) in [6.07, 6.45) is 3.17. The summed E-state index contributed by atoms with van der Waals surface area (Å²) in [6, 6.07) is 12.9. The van der Waals surface area contributed by atoms with Crippen molar-refractivity contribution in [2.24, 2.45) is 7.05 Å². The van der Waals surface area contributed by atoms with E-state index >= 15 is 0 Å². The van der Waals surface area contributed by atoms with Gasteiger partial charge in [0.1, 0.15) is 0 Å². The predicted molar refractivity (Wildman–Crippen MR) is 96.2 cm³/mol. The zero-order valence-corrected chi connectivity index (χ0v) is 14.0. The van der Waals surface area contributed by atoms with Crippen LogP contribution in [0.15, 0.2) is 52.1 Å². The molecular weight excluding hydrogens is 316 g/mol. The lowest BCUT2D eigenvalue weighted by atomic mass is 10.0. The second kappa shape index (κ2) is 5.84. The van der Waals surface area contributed by atoms with Gasteiger partial charge in [-0.3, -0.25) is 19.0 Å². The number of para-hydroxylation sites is 2. The molecule has 0 aliphatic heterocycles. The Hall–Kier alpha value is -2.95. The zero-order valence-electron chi connectivity index (χ0n) is 14.0. The number of aryl methyl sites for hydroxylation is 3. The fourth-order valence-corrected chi connectivity index (χ4v) is 3.59. The van der Waals surface area contributed by atoms with Crippen molar-refractivity contribution in [3.05, 3.63) is 79.9 Å². The monoisotopic (exact) mass is 334 g/mol. The van der Waals surface area contributed by atoms with Crippen molar-refractivity contribution >= 4 is 16.8 Å². The van der Waals surface area contributed by atoms with E-state index in [1.54, 1.807) is 31.3 Å². The van der Waals surface area contributed by atoms with Crippen LogP contribution in [-0.2, 0) is 26.4 Å². The van der Waals surface area contributed by atoms with E-state index in [2.05, 4.69) is 0 Å². The summed E-state index contributed by atoms with van der Waals surface area (Å²) in [5.74, 6) is -0.157. The van der Waals surface area contributed by atoms with Crippen molar-refractivity contribution < 1.29 is 4.79 Å². The van der Waals surface area contributed by atoms with Gasteiger partial charge in [-0.2, -0.15) is 0 Å². The molecule has 1 aromatic heterocycles. The maximum atomic E-state index is 12.7. The van der Waals surface area contributed by atoms with Gasteiger partial charge in [0, 0.05) is 12.6 Å². The zero-order chi connectivity index (χ0) is 17.6. The second-order valence-electron chi connectivity index (χ2n) is 6.50. The van der Waals surface area contributed by atoms with Crippen LogP contribution in [0.1, 0.15) is 27.9 Å². The predicted octanol–water partition coefficient (Wildman–Crippen LogP) is 2.07. The standard InChI is InChI=1S/C20H18N2O3/c1-21-16-7-2-3-8-17(16)22(20(25)19(21)24)12-18(23)15-10-9-13-5-4-6-14(13)11-15/h2-3,7-11H,4-6,12H2,1H3. The number of ketones is 1. The van der Waals surface area contributed by atoms with Crippen molar-refractivity contribution in [3.8, 4) is 0 Å². The van der Waals surface area contributed by atoms with Crippen molar-refractivity contribution in [2.45, 2.75) is 25.8 Å². The number of carbonyl (C=O) groups excluding carboxylic acids is 1. The van der Waals surface area contributed by atoms with Crippen LogP contribution in [-0.4, -0.2) is 14.9 Å². The van der Waals surface area contributed by atoms with Gasteiger partial charge in [0.2, 0.25) is 0 Å². The molecule has 4 rings (SSSR count). The van der Waals surface area contributed by atoms with Crippen LogP contribution in [0.25, 0.3) is 11.0 Å². The molecule has 1 heterocycles. The summed E-state index contributed by atoms with van der Waals surface area (Å²) in [5, 5.41) is 0. The Kier molecular flexibility index (Phi) is 3.64. The van der Waals surface area contributed by atoms with E-state index in [0.717, 1.165) is 19.3 Å². The average Bonchev–Trinajstić information content (AvgIpc) is 3.11. The number of hydrogen-bond acceptors (Lipinski definition) is 3. The number of benzene rings is 2. The molecule has 25 heavy (non-hydrogen) atoms. The van der Waals surface area contributed by atoms with Crippen LogP contribution in [0.2, 0.25) is 0 Å². The summed E-state index contributed by atoms with van der Waals surface area (Å²) in [4.78, 5) is 37.4. The molecule has 0 amide bonds. The fraction of sp³-hybridized carbons (Fsp3) is 0.250. The van der Waals surface area contributed by atoms with E-state index in [1.807, 2.05) is 18.2 Å². The first-order valence-corrected chi connectivity index (χ1v) is 8.40. The van der Waals surface area contributed by atoms with Gasteiger partial charge in [0.15, 0.2) is 5.78 Å². The van der Waals surface area contributed by atoms with Gasteiger partial charge in [0.05, 0.1) is 17.6 Å². The molecular formula is C20H18N2O3. The Morgan fingerprint density at radius 3 is 2.48 bits per heavy atom. The minimum Gasteiger partial charge on any atom is -0.305 e. The first-order chi connectivity index (χ1) is 12.1. The molecule has 0 bridgehead atoms. The molecule has 2 aromatic carbocycles. The Morgan fingerprint density at radius 2 is 1.68 bits per heavy atom. The number of fused-ring (bicyclic) bond motifs is 2. The molecule has 5 heteroatoms. The van der Waals surface area contributed by atoms with E-state index in [9.17, 15) is 14.4 Å². The summed E-state index contributed by atoms with van der Waals surface area (Å²) in [5.41, 5.74) is 3.03. The van der Waals surface area contributed by atoms with Crippen LogP contribution >= 0.6 is 0 Å². The number of rotatable bonds is 3. The first kappa shape index (κ1) is 15.6. The summed E-state index contributed by atoms with van der Waals surface area (Å²) >= 11 is 0.